The third-order valence-electron chi connectivity index (χ3n) is 2.04. The van der Waals surface area contributed by atoms with E-state index in [-0.39, 0.29) is 5.37 Å². The molecule has 0 bridgehead atoms. The van der Waals surface area contributed by atoms with Crippen LogP contribution in [0.15, 0.2) is 0 Å². The van der Waals surface area contributed by atoms with Gasteiger partial charge in [0.1, 0.15) is 5.37 Å². The first-order valence-corrected chi connectivity index (χ1v) is 5.68. The van der Waals surface area contributed by atoms with Crippen LogP contribution in [-0.2, 0) is 9.84 Å². The number of rotatable bonds is 1. The smallest absolute Gasteiger partial charge is 0.163 e. The molecule has 0 aromatic carbocycles. The van der Waals surface area contributed by atoms with E-state index >= 15 is 0 Å². The lowest BCUT2D eigenvalue weighted by Crippen LogP contribution is -2.41. The Morgan fingerprint density at radius 3 is 2.55 bits per heavy atom. The lowest BCUT2D eigenvalue weighted by molar-refractivity contribution is 0.272. The van der Waals surface area contributed by atoms with Crippen LogP contribution in [0.25, 0.3) is 0 Å². The van der Waals surface area contributed by atoms with Crippen molar-refractivity contribution in [1.29, 1.82) is 0 Å². The Labute approximate surface area is 68.3 Å². The molecule has 0 saturated carbocycles. The Balaban J connectivity index is 2.70. The quantitative estimate of drug-likeness (QED) is 0.576. The predicted octanol–water partition coefficient (Wildman–Crippen LogP) is 0.287. The van der Waals surface area contributed by atoms with Gasteiger partial charge in [-0.05, 0) is 32.9 Å². The lowest BCUT2D eigenvalue weighted by Gasteiger charge is -2.30. The molecule has 0 aromatic rings. The molecule has 11 heavy (non-hydrogen) atoms. The van der Waals surface area contributed by atoms with Crippen molar-refractivity contribution in [1.82, 2.24) is 4.90 Å². The molecule has 0 N–H and O–H groups in total. The summed E-state index contributed by atoms with van der Waals surface area (Å²) < 4.78 is 22.3. The summed E-state index contributed by atoms with van der Waals surface area (Å²) in [5.74, 6) is 0. The molecule has 1 aliphatic rings. The maximum Gasteiger partial charge on any atom is 0.163 e. The van der Waals surface area contributed by atoms with Gasteiger partial charge in [0.2, 0.25) is 0 Å². The molecule has 0 amide bonds. The molecule has 1 atom stereocenters. The first-order chi connectivity index (χ1) is 5.02. The molecule has 1 fully saturated rings. The van der Waals surface area contributed by atoms with E-state index in [1.54, 1.807) is 0 Å². The molecule has 4 heteroatoms. The molecule has 1 unspecified atom stereocenters. The highest BCUT2D eigenvalue weighted by Crippen LogP contribution is 2.17. The van der Waals surface area contributed by atoms with E-state index in [1.807, 2.05) is 18.4 Å². The van der Waals surface area contributed by atoms with Gasteiger partial charge in [0, 0.05) is 6.26 Å². The summed E-state index contributed by atoms with van der Waals surface area (Å²) in [5.41, 5.74) is 0. The van der Waals surface area contributed by atoms with Crippen molar-refractivity contribution in [2.24, 2.45) is 0 Å². The van der Waals surface area contributed by atoms with Gasteiger partial charge in [-0.15, -0.1) is 0 Å². The highest BCUT2D eigenvalue weighted by Gasteiger charge is 2.27. The van der Waals surface area contributed by atoms with E-state index in [2.05, 4.69) is 0 Å². The van der Waals surface area contributed by atoms with E-state index in [1.165, 1.54) is 6.26 Å². The van der Waals surface area contributed by atoms with Crippen LogP contribution in [0.5, 0.6) is 0 Å². The lowest BCUT2D eigenvalue weighted by atomic mass is 10.1. The maximum atomic E-state index is 11.1. The molecule has 65 valence electrons. The highest BCUT2D eigenvalue weighted by molar-refractivity contribution is 7.91. The molecule has 1 aliphatic heterocycles. The first kappa shape index (κ1) is 9.00. The van der Waals surface area contributed by atoms with Crippen LogP contribution in [0.3, 0.4) is 0 Å². The van der Waals surface area contributed by atoms with Gasteiger partial charge >= 0.3 is 0 Å². The van der Waals surface area contributed by atoms with E-state index < -0.39 is 9.84 Å². The largest absolute Gasteiger partial charge is 0.290 e. The van der Waals surface area contributed by atoms with Crippen LogP contribution in [0, 0.1) is 6.42 Å². The molecule has 1 rings (SSSR count). The zero-order valence-corrected chi connectivity index (χ0v) is 7.76. The summed E-state index contributed by atoms with van der Waals surface area (Å²) in [4.78, 5) is 1.90. The topological polar surface area (TPSA) is 37.4 Å². The number of sulfone groups is 1. The zero-order valence-electron chi connectivity index (χ0n) is 6.95. The van der Waals surface area contributed by atoms with E-state index in [0.29, 0.717) is 6.42 Å². The normalized spacial score (nSPS) is 28.7. The van der Waals surface area contributed by atoms with Crippen molar-refractivity contribution >= 4 is 9.84 Å². The molecule has 0 spiro atoms. The van der Waals surface area contributed by atoms with Crippen LogP contribution < -0.4 is 0 Å². The van der Waals surface area contributed by atoms with Crippen LogP contribution >= 0.6 is 0 Å². The Morgan fingerprint density at radius 2 is 2.18 bits per heavy atom. The summed E-state index contributed by atoms with van der Waals surface area (Å²) in [6.07, 6.45) is 5.02. The van der Waals surface area contributed by atoms with Gasteiger partial charge in [-0.2, -0.15) is 0 Å². The molecule has 1 saturated heterocycles. The second-order valence-corrected chi connectivity index (χ2v) is 5.28. The van der Waals surface area contributed by atoms with Gasteiger partial charge in [0.05, 0.1) is 0 Å². The average molecular weight is 176 g/mol. The number of hydrogen-bond acceptors (Lipinski definition) is 3. The Hall–Kier alpha value is -0.0900. The van der Waals surface area contributed by atoms with Gasteiger partial charge in [0.25, 0.3) is 0 Å². The summed E-state index contributed by atoms with van der Waals surface area (Å²) in [7, 11) is -1.02. The molecule has 1 heterocycles. The zero-order chi connectivity index (χ0) is 8.48. The summed E-state index contributed by atoms with van der Waals surface area (Å²) >= 11 is 0. The van der Waals surface area contributed by atoms with Crippen molar-refractivity contribution in [2.45, 2.75) is 18.2 Å². The molecule has 0 aliphatic carbocycles. The van der Waals surface area contributed by atoms with Gasteiger partial charge in [-0.25, -0.2) is 8.42 Å². The van der Waals surface area contributed by atoms with Gasteiger partial charge < -0.3 is 0 Å². The number of hydrogen-bond donors (Lipinski definition) is 0. The molecular weight excluding hydrogens is 162 g/mol. The van der Waals surface area contributed by atoms with Crippen LogP contribution in [0.4, 0.5) is 0 Å². The van der Waals surface area contributed by atoms with Crippen molar-refractivity contribution in [2.75, 3.05) is 19.8 Å². The van der Waals surface area contributed by atoms with Crippen LogP contribution in [-0.4, -0.2) is 38.5 Å². The second kappa shape index (κ2) is 3.11. The molecule has 1 radical (unpaired) electrons. The minimum absolute atomic E-state index is 0.281. The van der Waals surface area contributed by atoms with Crippen LogP contribution in [0.2, 0.25) is 0 Å². The van der Waals surface area contributed by atoms with Crippen molar-refractivity contribution in [3.05, 3.63) is 6.42 Å². The third kappa shape index (κ3) is 2.17. The standard InChI is InChI=1S/C7H14NO2S/c1-8-6-4-3-5-7(8)11(2,9)10/h3,7H,4-6H2,1-2H3. The number of piperidine rings is 1. The minimum atomic E-state index is -2.88. The number of likely N-dealkylation sites (tertiary alicyclic amines) is 1. The molecular formula is C7H14NO2S. The van der Waals surface area contributed by atoms with E-state index in [0.717, 1.165) is 13.0 Å². The van der Waals surface area contributed by atoms with Gasteiger partial charge in [-0.3, -0.25) is 4.90 Å². The fourth-order valence-electron chi connectivity index (χ4n) is 1.38. The molecule has 3 nitrogen and oxygen atoms in total. The maximum absolute atomic E-state index is 11.1. The predicted molar refractivity (Wildman–Crippen MR) is 44.8 cm³/mol. The van der Waals surface area contributed by atoms with E-state index in [9.17, 15) is 8.42 Å². The fourth-order valence-corrected chi connectivity index (χ4v) is 2.63. The summed E-state index contributed by atoms with van der Waals surface area (Å²) in [5, 5.41) is -0.281. The van der Waals surface area contributed by atoms with Crippen molar-refractivity contribution in [3.63, 3.8) is 0 Å². The third-order valence-corrected chi connectivity index (χ3v) is 3.58. The van der Waals surface area contributed by atoms with Crippen molar-refractivity contribution in [3.8, 4) is 0 Å². The highest BCUT2D eigenvalue weighted by atomic mass is 32.2. The minimum Gasteiger partial charge on any atom is -0.290 e. The second-order valence-electron chi connectivity index (χ2n) is 3.08. The van der Waals surface area contributed by atoms with E-state index in [4.69, 9.17) is 0 Å². The Morgan fingerprint density at radius 1 is 1.55 bits per heavy atom. The van der Waals surface area contributed by atoms with Gasteiger partial charge in [-0.1, -0.05) is 0 Å². The van der Waals surface area contributed by atoms with Gasteiger partial charge in [0.15, 0.2) is 9.84 Å². The number of nitrogens with zero attached hydrogens (tertiary/aromatic N) is 1. The van der Waals surface area contributed by atoms with Crippen LogP contribution in [0.1, 0.15) is 12.8 Å². The Bertz CT molecular complexity index is 223. The Kier molecular flexibility index (Phi) is 2.54. The summed E-state index contributed by atoms with van der Waals surface area (Å²) in [6, 6.07) is 0. The summed E-state index contributed by atoms with van der Waals surface area (Å²) in [6.45, 7) is 0.859. The van der Waals surface area contributed by atoms with Crippen molar-refractivity contribution < 1.29 is 8.42 Å². The fraction of sp³-hybridized carbons (Fsp3) is 0.857. The monoisotopic (exact) mass is 176 g/mol. The first-order valence-electron chi connectivity index (χ1n) is 3.72. The molecule has 0 aromatic heterocycles. The SMILES string of the molecule is CN1CC[CH]CC1S(C)(=O)=O. The average Bonchev–Trinajstić information content (AvgIpc) is 1.86.